The molecule has 1 aliphatic heterocycles. The Morgan fingerprint density at radius 2 is 2.18 bits per heavy atom. The number of anilines is 1. The molecule has 4 N–H and O–H groups in total. The van der Waals surface area contributed by atoms with E-state index in [-0.39, 0.29) is 4.90 Å². The van der Waals surface area contributed by atoms with Gasteiger partial charge in [0.05, 0.1) is 5.69 Å². The first kappa shape index (κ1) is 12.3. The van der Waals surface area contributed by atoms with E-state index in [0.717, 1.165) is 13.0 Å². The van der Waals surface area contributed by atoms with E-state index in [2.05, 4.69) is 10.6 Å². The highest BCUT2D eigenvalue weighted by molar-refractivity contribution is 7.89. The van der Waals surface area contributed by atoms with Crippen LogP contribution in [0.1, 0.15) is 12.8 Å². The van der Waals surface area contributed by atoms with Gasteiger partial charge in [0.15, 0.2) is 0 Å². The second-order valence-corrected chi connectivity index (χ2v) is 5.75. The molecule has 1 unspecified atom stereocenters. The molecule has 1 heterocycles. The lowest BCUT2D eigenvalue weighted by atomic mass is 10.2. The monoisotopic (exact) mass is 255 g/mol. The van der Waals surface area contributed by atoms with Gasteiger partial charge in [0.1, 0.15) is 4.90 Å². The van der Waals surface area contributed by atoms with E-state index >= 15 is 0 Å². The van der Waals surface area contributed by atoms with Gasteiger partial charge >= 0.3 is 0 Å². The summed E-state index contributed by atoms with van der Waals surface area (Å²) in [5.41, 5.74) is 0.573. The number of benzene rings is 1. The Kier molecular flexibility index (Phi) is 3.66. The van der Waals surface area contributed by atoms with Crippen molar-refractivity contribution in [3.8, 4) is 0 Å². The average Bonchev–Trinajstić information content (AvgIpc) is 2.78. The molecule has 17 heavy (non-hydrogen) atoms. The molecule has 0 saturated carbocycles. The third kappa shape index (κ3) is 3.18. The molecule has 1 atom stereocenters. The predicted octanol–water partition coefficient (Wildman–Crippen LogP) is 0.498. The molecule has 0 bridgehead atoms. The summed E-state index contributed by atoms with van der Waals surface area (Å²) in [7, 11) is -3.66. The van der Waals surface area contributed by atoms with E-state index in [9.17, 15) is 8.42 Å². The summed E-state index contributed by atoms with van der Waals surface area (Å²) in [5, 5.41) is 11.6. The Hall–Kier alpha value is -1.11. The summed E-state index contributed by atoms with van der Waals surface area (Å²) in [4.78, 5) is 0.151. The molecule has 0 spiro atoms. The normalized spacial score (nSPS) is 20.4. The van der Waals surface area contributed by atoms with E-state index in [1.54, 1.807) is 18.2 Å². The molecule has 0 aliphatic carbocycles. The highest BCUT2D eigenvalue weighted by Gasteiger charge is 2.16. The lowest BCUT2D eigenvalue weighted by Crippen LogP contribution is -2.29. The minimum absolute atomic E-state index is 0.151. The van der Waals surface area contributed by atoms with Crippen LogP contribution in [0.15, 0.2) is 29.2 Å². The van der Waals surface area contributed by atoms with E-state index in [1.165, 1.54) is 12.5 Å². The first-order valence-corrected chi connectivity index (χ1v) is 7.21. The van der Waals surface area contributed by atoms with Crippen LogP contribution < -0.4 is 15.8 Å². The molecule has 0 radical (unpaired) electrons. The number of rotatable bonds is 4. The van der Waals surface area contributed by atoms with Crippen molar-refractivity contribution in [2.75, 3.05) is 18.4 Å². The number of hydrogen-bond acceptors (Lipinski definition) is 4. The zero-order valence-corrected chi connectivity index (χ0v) is 10.3. The average molecular weight is 255 g/mol. The van der Waals surface area contributed by atoms with Crippen LogP contribution in [0.2, 0.25) is 0 Å². The molecule has 1 fully saturated rings. The molecule has 1 aromatic rings. The van der Waals surface area contributed by atoms with E-state index in [1.807, 2.05) is 0 Å². The minimum Gasteiger partial charge on any atom is -0.382 e. The number of nitrogens with two attached hydrogens (primary N) is 1. The van der Waals surface area contributed by atoms with Gasteiger partial charge in [-0.2, -0.15) is 0 Å². The highest BCUT2D eigenvalue weighted by atomic mass is 32.2. The third-order valence-electron chi connectivity index (χ3n) is 2.89. The van der Waals surface area contributed by atoms with Crippen LogP contribution >= 0.6 is 0 Å². The van der Waals surface area contributed by atoms with Gasteiger partial charge in [-0.15, -0.1) is 0 Å². The first-order chi connectivity index (χ1) is 8.07. The molecule has 6 heteroatoms. The van der Waals surface area contributed by atoms with E-state index < -0.39 is 10.0 Å². The van der Waals surface area contributed by atoms with E-state index in [0.29, 0.717) is 18.3 Å². The number of para-hydroxylation sites is 1. The van der Waals surface area contributed by atoms with Crippen molar-refractivity contribution < 1.29 is 8.42 Å². The molecular weight excluding hydrogens is 238 g/mol. The zero-order chi connectivity index (χ0) is 12.3. The highest BCUT2D eigenvalue weighted by Crippen LogP contribution is 2.19. The van der Waals surface area contributed by atoms with Gasteiger partial charge in [-0.1, -0.05) is 12.1 Å². The summed E-state index contributed by atoms with van der Waals surface area (Å²) < 4.78 is 22.7. The number of hydrogen-bond donors (Lipinski definition) is 3. The second kappa shape index (κ2) is 5.03. The fourth-order valence-electron chi connectivity index (χ4n) is 2.02. The Balaban J connectivity index is 2.09. The summed E-state index contributed by atoms with van der Waals surface area (Å²) in [6.45, 7) is 1.75. The Bertz CT molecular complexity index is 481. The van der Waals surface area contributed by atoms with Crippen LogP contribution in [0.5, 0.6) is 0 Å². The van der Waals surface area contributed by atoms with Crippen LogP contribution in [0.4, 0.5) is 5.69 Å². The van der Waals surface area contributed by atoms with Crippen molar-refractivity contribution in [3.63, 3.8) is 0 Å². The lowest BCUT2D eigenvalue weighted by Gasteiger charge is -2.14. The topological polar surface area (TPSA) is 84.2 Å². The van der Waals surface area contributed by atoms with Crippen LogP contribution in [-0.2, 0) is 10.0 Å². The standard InChI is InChI=1S/C11H17N3O2S/c12-17(15,16)11-6-2-1-5-10(11)14-8-9-4-3-7-13-9/h1-2,5-6,9,13-14H,3-4,7-8H2,(H2,12,15,16). The van der Waals surface area contributed by atoms with Crippen LogP contribution in [0, 0.1) is 0 Å². The van der Waals surface area contributed by atoms with Gasteiger partial charge in [0, 0.05) is 12.6 Å². The van der Waals surface area contributed by atoms with Crippen LogP contribution in [0.3, 0.4) is 0 Å². The first-order valence-electron chi connectivity index (χ1n) is 5.66. The van der Waals surface area contributed by atoms with Crippen molar-refractivity contribution in [2.24, 2.45) is 5.14 Å². The van der Waals surface area contributed by atoms with Crippen molar-refractivity contribution in [2.45, 2.75) is 23.8 Å². The van der Waals surface area contributed by atoms with Crippen molar-refractivity contribution in [1.29, 1.82) is 0 Å². The third-order valence-corrected chi connectivity index (χ3v) is 3.86. The molecule has 1 saturated heterocycles. The maximum Gasteiger partial charge on any atom is 0.240 e. The molecular formula is C11H17N3O2S. The maximum absolute atomic E-state index is 11.4. The summed E-state index contributed by atoms with van der Waals surface area (Å²) in [6.07, 6.45) is 2.29. The molecule has 0 aromatic heterocycles. The van der Waals surface area contributed by atoms with Gasteiger partial charge in [-0.3, -0.25) is 0 Å². The van der Waals surface area contributed by atoms with E-state index in [4.69, 9.17) is 5.14 Å². The van der Waals surface area contributed by atoms with Gasteiger partial charge in [-0.05, 0) is 31.5 Å². The van der Waals surface area contributed by atoms with Gasteiger partial charge < -0.3 is 10.6 Å². The van der Waals surface area contributed by atoms with Crippen molar-refractivity contribution in [3.05, 3.63) is 24.3 Å². The SMILES string of the molecule is NS(=O)(=O)c1ccccc1NCC1CCCN1. The molecule has 5 nitrogen and oxygen atoms in total. The fourth-order valence-corrected chi connectivity index (χ4v) is 2.74. The number of nitrogens with one attached hydrogen (secondary N) is 2. The number of sulfonamides is 1. The summed E-state index contributed by atoms with van der Waals surface area (Å²) in [6, 6.07) is 7.11. The quantitative estimate of drug-likeness (QED) is 0.731. The zero-order valence-electron chi connectivity index (χ0n) is 9.52. The molecule has 0 amide bonds. The number of primary sulfonamides is 1. The van der Waals surface area contributed by atoms with Crippen LogP contribution in [-0.4, -0.2) is 27.5 Å². The molecule has 1 aromatic carbocycles. The fraction of sp³-hybridized carbons (Fsp3) is 0.455. The smallest absolute Gasteiger partial charge is 0.240 e. The second-order valence-electron chi connectivity index (χ2n) is 4.22. The van der Waals surface area contributed by atoms with Gasteiger partial charge in [0.25, 0.3) is 0 Å². The van der Waals surface area contributed by atoms with Gasteiger partial charge in [0.2, 0.25) is 10.0 Å². The maximum atomic E-state index is 11.4. The van der Waals surface area contributed by atoms with Crippen LogP contribution in [0.25, 0.3) is 0 Å². The van der Waals surface area contributed by atoms with Crippen molar-refractivity contribution in [1.82, 2.24) is 5.32 Å². The van der Waals surface area contributed by atoms with Gasteiger partial charge in [-0.25, -0.2) is 13.6 Å². The Labute approximate surface area is 101 Å². The Morgan fingerprint density at radius 3 is 2.82 bits per heavy atom. The summed E-state index contributed by atoms with van der Waals surface area (Å²) >= 11 is 0. The molecule has 94 valence electrons. The minimum atomic E-state index is -3.66. The lowest BCUT2D eigenvalue weighted by molar-refractivity contribution is 0.597. The Morgan fingerprint density at radius 1 is 1.41 bits per heavy atom. The molecule has 1 aliphatic rings. The van der Waals surface area contributed by atoms with Crippen molar-refractivity contribution >= 4 is 15.7 Å². The largest absolute Gasteiger partial charge is 0.382 e. The molecule has 2 rings (SSSR count). The summed E-state index contributed by atoms with van der Waals surface area (Å²) in [5.74, 6) is 0. The predicted molar refractivity (Wildman–Crippen MR) is 67.3 cm³/mol.